The number of benzene rings is 1. The maximum Gasteiger partial charge on any atom is 0.141 e. The van der Waals surface area contributed by atoms with Crippen LogP contribution in [0.15, 0.2) is 41.0 Å². The van der Waals surface area contributed by atoms with Gasteiger partial charge in [-0.3, -0.25) is 4.98 Å². The maximum absolute atomic E-state index is 13.2. The molecule has 1 atom stereocenters. The van der Waals surface area contributed by atoms with Gasteiger partial charge in [-0.25, -0.2) is 4.39 Å². The number of nitrogens with one attached hydrogen (secondary N) is 1. The van der Waals surface area contributed by atoms with Crippen molar-refractivity contribution in [3.8, 4) is 0 Å². The van der Waals surface area contributed by atoms with E-state index in [2.05, 4.69) is 33.2 Å². The van der Waals surface area contributed by atoms with E-state index in [1.54, 1.807) is 18.3 Å². The summed E-state index contributed by atoms with van der Waals surface area (Å²) in [6.45, 7) is 3.02. The van der Waals surface area contributed by atoms with Crippen molar-refractivity contribution in [2.24, 2.45) is 0 Å². The molecule has 0 saturated heterocycles. The number of pyridine rings is 1. The van der Waals surface area contributed by atoms with Crippen molar-refractivity contribution in [1.82, 2.24) is 10.3 Å². The van der Waals surface area contributed by atoms with E-state index in [0.29, 0.717) is 6.42 Å². The van der Waals surface area contributed by atoms with Crippen molar-refractivity contribution in [3.05, 3.63) is 63.1 Å². The van der Waals surface area contributed by atoms with Gasteiger partial charge in [0.15, 0.2) is 0 Å². The molecule has 2 rings (SSSR count). The molecular weight excluding hydrogens is 355 g/mol. The van der Waals surface area contributed by atoms with Crippen molar-refractivity contribution >= 4 is 27.5 Å². The van der Waals surface area contributed by atoms with E-state index in [4.69, 9.17) is 11.6 Å². The van der Waals surface area contributed by atoms with Crippen LogP contribution < -0.4 is 5.32 Å². The zero-order valence-corrected chi connectivity index (χ0v) is 14.1. The second-order valence-electron chi connectivity index (χ2n) is 4.86. The normalized spacial score (nSPS) is 12.4. The van der Waals surface area contributed by atoms with Crippen LogP contribution in [0, 0.1) is 5.82 Å². The molecule has 2 nitrogen and oxygen atoms in total. The lowest BCUT2D eigenvalue weighted by Crippen LogP contribution is -2.25. The van der Waals surface area contributed by atoms with E-state index in [0.717, 1.165) is 28.7 Å². The van der Waals surface area contributed by atoms with Gasteiger partial charge in [0, 0.05) is 10.7 Å². The molecule has 1 aromatic heterocycles. The highest BCUT2D eigenvalue weighted by atomic mass is 79.9. The molecule has 1 unspecified atom stereocenters. The molecule has 21 heavy (non-hydrogen) atoms. The van der Waals surface area contributed by atoms with Crippen LogP contribution in [-0.4, -0.2) is 11.5 Å². The van der Waals surface area contributed by atoms with Crippen molar-refractivity contribution in [2.75, 3.05) is 6.54 Å². The molecule has 0 aliphatic rings. The fourth-order valence-corrected chi connectivity index (χ4v) is 2.53. The first-order valence-electron chi connectivity index (χ1n) is 6.89. The summed E-state index contributed by atoms with van der Waals surface area (Å²) in [7, 11) is 0. The molecule has 0 radical (unpaired) electrons. The van der Waals surface area contributed by atoms with E-state index >= 15 is 0 Å². The predicted molar refractivity (Wildman–Crippen MR) is 88.1 cm³/mol. The Hall–Kier alpha value is -0.970. The largest absolute Gasteiger partial charge is 0.308 e. The summed E-state index contributed by atoms with van der Waals surface area (Å²) in [5.41, 5.74) is 1.95. The molecule has 2 aromatic rings. The van der Waals surface area contributed by atoms with Crippen LogP contribution >= 0.6 is 27.5 Å². The van der Waals surface area contributed by atoms with Crippen molar-refractivity contribution in [1.29, 1.82) is 0 Å². The first kappa shape index (κ1) is 16.4. The van der Waals surface area contributed by atoms with E-state index in [1.165, 1.54) is 6.07 Å². The number of halogens is 3. The first-order chi connectivity index (χ1) is 10.1. The highest BCUT2D eigenvalue weighted by Crippen LogP contribution is 2.22. The monoisotopic (exact) mass is 370 g/mol. The SMILES string of the molecule is CCCNC(Cc1ccc(F)c(Cl)c1)c1ccc(Br)cn1. The Balaban J connectivity index is 2.19. The quantitative estimate of drug-likeness (QED) is 0.779. The van der Waals surface area contributed by atoms with Crippen LogP contribution in [0.5, 0.6) is 0 Å². The maximum atomic E-state index is 13.2. The molecule has 0 fully saturated rings. The van der Waals surface area contributed by atoms with E-state index in [1.807, 2.05) is 12.1 Å². The highest BCUT2D eigenvalue weighted by Gasteiger charge is 2.14. The number of hydrogen-bond donors (Lipinski definition) is 1. The van der Waals surface area contributed by atoms with Gasteiger partial charge in [0.1, 0.15) is 5.82 Å². The summed E-state index contributed by atoms with van der Waals surface area (Å²) >= 11 is 9.24. The van der Waals surface area contributed by atoms with Crippen LogP contribution in [0.2, 0.25) is 5.02 Å². The lowest BCUT2D eigenvalue weighted by Gasteiger charge is -2.18. The van der Waals surface area contributed by atoms with Crippen LogP contribution in [0.4, 0.5) is 4.39 Å². The third kappa shape index (κ3) is 4.77. The highest BCUT2D eigenvalue weighted by molar-refractivity contribution is 9.10. The Labute approximate surface area is 137 Å². The summed E-state index contributed by atoms with van der Waals surface area (Å²) < 4.78 is 14.2. The lowest BCUT2D eigenvalue weighted by atomic mass is 10.0. The molecular formula is C16H17BrClFN2. The van der Waals surface area contributed by atoms with Gasteiger partial charge < -0.3 is 5.32 Å². The molecule has 112 valence electrons. The topological polar surface area (TPSA) is 24.9 Å². The molecule has 0 bridgehead atoms. The van der Waals surface area contributed by atoms with Gasteiger partial charge in [-0.1, -0.05) is 24.6 Å². The summed E-state index contributed by atoms with van der Waals surface area (Å²) in [5.74, 6) is -0.389. The molecule has 1 heterocycles. The third-order valence-electron chi connectivity index (χ3n) is 3.17. The molecule has 0 aliphatic heterocycles. The molecule has 0 amide bonds. The number of rotatable bonds is 6. The minimum Gasteiger partial charge on any atom is -0.308 e. The Morgan fingerprint density at radius 1 is 1.33 bits per heavy atom. The summed E-state index contributed by atoms with van der Waals surface area (Å²) in [4.78, 5) is 4.45. The van der Waals surface area contributed by atoms with E-state index in [-0.39, 0.29) is 16.9 Å². The van der Waals surface area contributed by atoms with Gasteiger partial charge in [-0.2, -0.15) is 0 Å². The van der Waals surface area contributed by atoms with Gasteiger partial charge >= 0.3 is 0 Å². The summed E-state index contributed by atoms with van der Waals surface area (Å²) in [6, 6.07) is 8.89. The predicted octanol–water partition coefficient (Wildman–Crippen LogP) is 4.92. The fraction of sp³-hybridized carbons (Fsp3) is 0.312. The number of nitrogens with zero attached hydrogens (tertiary/aromatic N) is 1. The van der Waals surface area contributed by atoms with E-state index in [9.17, 15) is 4.39 Å². The summed E-state index contributed by atoms with van der Waals surface area (Å²) in [6.07, 6.45) is 3.54. The van der Waals surface area contributed by atoms with Crippen molar-refractivity contribution in [3.63, 3.8) is 0 Å². The number of aromatic nitrogens is 1. The van der Waals surface area contributed by atoms with Crippen molar-refractivity contribution in [2.45, 2.75) is 25.8 Å². The molecule has 1 N–H and O–H groups in total. The molecule has 0 spiro atoms. The molecule has 5 heteroatoms. The van der Waals surface area contributed by atoms with Crippen LogP contribution in [0.3, 0.4) is 0 Å². The second-order valence-corrected chi connectivity index (χ2v) is 6.18. The minimum absolute atomic E-state index is 0.0829. The van der Waals surface area contributed by atoms with Gasteiger partial charge in [-0.15, -0.1) is 0 Å². The molecule has 1 aromatic carbocycles. The van der Waals surface area contributed by atoms with Crippen LogP contribution in [0.1, 0.15) is 30.6 Å². The zero-order valence-electron chi connectivity index (χ0n) is 11.7. The standard InChI is InChI=1S/C16H17BrClFN2/c1-2-7-20-16(15-6-4-12(17)10-21-15)9-11-3-5-14(19)13(18)8-11/h3-6,8,10,16,20H,2,7,9H2,1H3. The Morgan fingerprint density at radius 2 is 2.14 bits per heavy atom. The molecule has 0 aliphatic carbocycles. The van der Waals surface area contributed by atoms with Gasteiger partial charge in [0.25, 0.3) is 0 Å². The van der Waals surface area contributed by atoms with Crippen LogP contribution in [-0.2, 0) is 6.42 Å². The smallest absolute Gasteiger partial charge is 0.141 e. The second kappa shape index (κ2) is 7.87. The fourth-order valence-electron chi connectivity index (χ4n) is 2.10. The first-order valence-corrected chi connectivity index (χ1v) is 8.06. The minimum atomic E-state index is -0.389. The third-order valence-corrected chi connectivity index (χ3v) is 3.93. The van der Waals surface area contributed by atoms with Crippen LogP contribution in [0.25, 0.3) is 0 Å². The van der Waals surface area contributed by atoms with Gasteiger partial charge in [0.2, 0.25) is 0 Å². The van der Waals surface area contributed by atoms with E-state index < -0.39 is 0 Å². The zero-order chi connectivity index (χ0) is 15.2. The molecule has 0 saturated carbocycles. The average Bonchev–Trinajstić information content (AvgIpc) is 2.48. The average molecular weight is 372 g/mol. The Morgan fingerprint density at radius 3 is 2.76 bits per heavy atom. The van der Waals surface area contributed by atoms with Gasteiger partial charge in [-0.05, 0) is 65.1 Å². The Bertz CT molecular complexity index is 589. The van der Waals surface area contributed by atoms with Gasteiger partial charge in [0.05, 0.1) is 16.8 Å². The lowest BCUT2D eigenvalue weighted by molar-refractivity contribution is 0.517. The van der Waals surface area contributed by atoms with Crippen molar-refractivity contribution < 1.29 is 4.39 Å². The summed E-state index contributed by atoms with van der Waals surface area (Å²) in [5, 5.41) is 3.63. The Kier molecular flexibility index (Phi) is 6.15. The number of hydrogen-bond acceptors (Lipinski definition) is 2.